The molecule has 4 rings (SSSR count). The van der Waals surface area contributed by atoms with E-state index in [-0.39, 0.29) is 0 Å². The molecular formula is C22H24N2O4S2. The molecule has 0 aliphatic carbocycles. The molecule has 0 bridgehead atoms. The molecule has 8 heteroatoms. The van der Waals surface area contributed by atoms with E-state index in [9.17, 15) is 13.2 Å². The van der Waals surface area contributed by atoms with Crippen LogP contribution < -0.4 is 4.90 Å². The predicted molar refractivity (Wildman–Crippen MR) is 119 cm³/mol. The Labute approximate surface area is 181 Å². The number of rotatable bonds is 6. The smallest absolute Gasteiger partial charge is 0.331 e. The number of benzene rings is 2. The second kappa shape index (κ2) is 8.45. The van der Waals surface area contributed by atoms with Gasteiger partial charge >= 0.3 is 5.97 Å². The maximum absolute atomic E-state index is 12.1. The third kappa shape index (κ3) is 4.40. The molecule has 0 aromatic heterocycles. The van der Waals surface area contributed by atoms with E-state index in [1.807, 2.05) is 18.2 Å². The van der Waals surface area contributed by atoms with Crippen molar-refractivity contribution in [2.75, 3.05) is 37.3 Å². The topological polar surface area (TPSA) is 77.9 Å². The van der Waals surface area contributed by atoms with Gasteiger partial charge in [0.05, 0.1) is 16.3 Å². The van der Waals surface area contributed by atoms with E-state index < -0.39 is 15.8 Å². The van der Waals surface area contributed by atoms with Gasteiger partial charge in [-0.3, -0.25) is 4.90 Å². The third-order valence-electron chi connectivity index (χ3n) is 5.45. The van der Waals surface area contributed by atoms with E-state index >= 15 is 0 Å². The van der Waals surface area contributed by atoms with Crippen LogP contribution in [-0.2, 0) is 14.6 Å². The second-order valence-electron chi connectivity index (χ2n) is 7.56. The zero-order valence-corrected chi connectivity index (χ0v) is 18.4. The van der Waals surface area contributed by atoms with Crippen LogP contribution >= 0.6 is 11.8 Å². The van der Waals surface area contributed by atoms with Crippen LogP contribution in [0.2, 0.25) is 0 Å². The Hall–Kier alpha value is -2.29. The van der Waals surface area contributed by atoms with Crippen molar-refractivity contribution in [1.29, 1.82) is 0 Å². The van der Waals surface area contributed by atoms with Crippen molar-refractivity contribution >= 4 is 38.9 Å². The molecule has 2 aromatic rings. The first-order chi connectivity index (χ1) is 14.3. The molecule has 0 saturated carbocycles. The number of para-hydroxylation sites is 1. The number of carbonyl (C=O) groups is 1. The highest BCUT2D eigenvalue weighted by atomic mass is 32.2. The van der Waals surface area contributed by atoms with Crippen molar-refractivity contribution < 1.29 is 18.3 Å². The summed E-state index contributed by atoms with van der Waals surface area (Å²) in [6.07, 6.45) is 4.49. The lowest BCUT2D eigenvalue weighted by molar-refractivity contribution is -0.133. The summed E-state index contributed by atoms with van der Waals surface area (Å²) in [5, 5.41) is 9.10. The first-order valence-corrected chi connectivity index (χ1v) is 12.6. The van der Waals surface area contributed by atoms with Gasteiger partial charge in [-0.1, -0.05) is 30.0 Å². The number of aliphatic carboxylic acids is 1. The average Bonchev–Trinajstić information content (AvgIpc) is 2.72. The number of carboxylic acids is 1. The van der Waals surface area contributed by atoms with Gasteiger partial charge in [-0.15, -0.1) is 0 Å². The van der Waals surface area contributed by atoms with Crippen LogP contribution in [0.25, 0.3) is 0 Å². The van der Waals surface area contributed by atoms with Crippen molar-refractivity contribution in [1.82, 2.24) is 4.90 Å². The van der Waals surface area contributed by atoms with Gasteiger partial charge in [0.25, 0.3) is 0 Å². The van der Waals surface area contributed by atoms with Crippen LogP contribution in [0.3, 0.4) is 0 Å². The van der Waals surface area contributed by atoms with Crippen LogP contribution in [0, 0.1) is 0 Å². The van der Waals surface area contributed by atoms with E-state index in [1.54, 1.807) is 30.0 Å². The fourth-order valence-electron chi connectivity index (χ4n) is 3.84. The van der Waals surface area contributed by atoms with Gasteiger partial charge in [0, 0.05) is 47.8 Å². The standard InChI is InChI=1S/C22H24N2O4S2/c1-30(27,28)17-7-8-21-19(15-17)24(18-5-2-3-6-20(18)29-21)12-4-11-23-13-9-16(10-14-23)22(25)26/h2-3,5-9,15H,4,10-14H2,1H3,(H,25,26). The minimum absolute atomic E-state index is 0.327. The second-order valence-corrected chi connectivity index (χ2v) is 10.7. The molecule has 2 aliphatic heterocycles. The number of fused-ring (bicyclic) bond motifs is 2. The summed E-state index contributed by atoms with van der Waals surface area (Å²) >= 11 is 1.66. The number of nitrogens with zero attached hydrogens (tertiary/aromatic N) is 2. The van der Waals surface area contributed by atoms with E-state index in [1.165, 1.54) is 6.26 Å². The van der Waals surface area contributed by atoms with E-state index in [0.717, 1.165) is 47.2 Å². The maximum Gasteiger partial charge on any atom is 0.331 e. The maximum atomic E-state index is 12.1. The van der Waals surface area contributed by atoms with Crippen molar-refractivity contribution in [3.8, 4) is 0 Å². The summed E-state index contributed by atoms with van der Waals surface area (Å²) in [5.74, 6) is -0.824. The first kappa shape index (κ1) is 21.0. The first-order valence-electron chi connectivity index (χ1n) is 9.86. The van der Waals surface area contributed by atoms with Gasteiger partial charge < -0.3 is 10.0 Å². The van der Waals surface area contributed by atoms with Gasteiger partial charge in [-0.2, -0.15) is 0 Å². The van der Waals surface area contributed by atoms with Gasteiger partial charge in [0.1, 0.15) is 0 Å². The van der Waals surface area contributed by atoms with Crippen LogP contribution in [0.5, 0.6) is 0 Å². The Morgan fingerprint density at radius 1 is 1.10 bits per heavy atom. The molecule has 2 heterocycles. The number of hydrogen-bond acceptors (Lipinski definition) is 6. The molecule has 0 spiro atoms. The summed E-state index contributed by atoms with van der Waals surface area (Å²) < 4.78 is 24.2. The molecule has 0 radical (unpaired) electrons. The summed E-state index contributed by atoms with van der Waals surface area (Å²) in [6, 6.07) is 13.5. The molecular weight excluding hydrogens is 420 g/mol. The summed E-state index contributed by atoms with van der Waals surface area (Å²) in [4.78, 5) is 18.1. The largest absolute Gasteiger partial charge is 0.478 e. The molecule has 0 unspecified atom stereocenters. The number of hydrogen-bond donors (Lipinski definition) is 1. The van der Waals surface area contributed by atoms with Crippen molar-refractivity contribution in [3.63, 3.8) is 0 Å². The summed E-state index contributed by atoms with van der Waals surface area (Å²) in [7, 11) is -3.29. The molecule has 0 fully saturated rings. The fourth-order valence-corrected chi connectivity index (χ4v) is 5.56. The highest BCUT2D eigenvalue weighted by Gasteiger charge is 2.25. The fraction of sp³-hybridized carbons (Fsp3) is 0.318. The van der Waals surface area contributed by atoms with E-state index in [2.05, 4.69) is 21.9 Å². The molecule has 0 atom stereocenters. The van der Waals surface area contributed by atoms with Crippen LogP contribution in [0.15, 0.2) is 68.8 Å². The highest BCUT2D eigenvalue weighted by molar-refractivity contribution is 7.99. The highest BCUT2D eigenvalue weighted by Crippen LogP contribution is 2.48. The van der Waals surface area contributed by atoms with Gasteiger partial charge in [0.15, 0.2) is 9.84 Å². The zero-order valence-electron chi connectivity index (χ0n) is 16.7. The Bertz CT molecular complexity index is 1110. The van der Waals surface area contributed by atoms with Crippen molar-refractivity contribution in [2.45, 2.75) is 27.5 Å². The van der Waals surface area contributed by atoms with Crippen molar-refractivity contribution in [2.24, 2.45) is 0 Å². The minimum atomic E-state index is -3.29. The SMILES string of the molecule is CS(=O)(=O)c1ccc2c(c1)N(CCCN1CC=C(C(=O)O)CC1)c1ccccc1S2. The Morgan fingerprint density at radius 2 is 1.87 bits per heavy atom. The average molecular weight is 445 g/mol. The number of anilines is 2. The summed E-state index contributed by atoms with van der Waals surface area (Å²) in [5.41, 5.74) is 2.51. The number of sulfone groups is 1. The van der Waals surface area contributed by atoms with Gasteiger partial charge in [-0.05, 0) is 43.2 Å². The lowest BCUT2D eigenvalue weighted by Crippen LogP contribution is -2.33. The molecule has 2 aromatic carbocycles. The molecule has 6 nitrogen and oxygen atoms in total. The summed E-state index contributed by atoms with van der Waals surface area (Å²) in [6.45, 7) is 3.02. The van der Waals surface area contributed by atoms with Crippen LogP contribution in [-0.4, -0.2) is 56.8 Å². The molecule has 0 saturated heterocycles. The minimum Gasteiger partial charge on any atom is -0.478 e. The lowest BCUT2D eigenvalue weighted by atomic mass is 10.1. The van der Waals surface area contributed by atoms with Crippen LogP contribution in [0.1, 0.15) is 12.8 Å². The third-order valence-corrected chi connectivity index (χ3v) is 7.69. The van der Waals surface area contributed by atoms with E-state index in [0.29, 0.717) is 23.4 Å². The van der Waals surface area contributed by atoms with Gasteiger partial charge in [-0.25, -0.2) is 13.2 Å². The van der Waals surface area contributed by atoms with Crippen LogP contribution in [0.4, 0.5) is 11.4 Å². The van der Waals surface area contributed by atoms with Crippen molar-refractivity contribution in [3.05, 3.63) is 54.1 Å². The Morgan fingerprint density at radius 3 is 2.57 bits per heavy atom. The Kier molecular flexibility index (Phi) is 5.90. The molecule has 0 amide bonds. The number of carboxylic acid groups (broad SMARTS) is 1. The molecule has 2 aliphatic rings. The Balaban J connectivity index is 1.53. The lowest BCUT2D eigenvalue weighted by Gasteiger charge is -2.34. The monoisotopic (exact) mass is 444 g/mol. The normalized spacial score (nSPS) is 16.6. The van der Waals surface area contributed by atoms with E-state index in [4.69, 9.17) is 5.11 Å². The quantitative estimate of drug-likeness (QED) is 0.726. The molecule has 30 heavy (non-hydrogen) atoms. The molecule has 158 valence electrons. The van der Waals surface area contributed by atoms with Gasteiger partial charge in [0.2, 0.25) is 0 Å². The zero-order chi connectivity index (χ0) is 21.3. The predicted octanol–water partition coefficient (Wildman–Crippen LogP) is 3.80. The molecule has 1 N–H and O–H groups in total.